The summed E-state index contributed by atoms with van der Waals surface area (Å²) in [5.41, 5.74) is 10.1. The Labute approximate surface area is 96.7 Å². The molecule has 0 saturated carbocycles. The van der Waals surface area contributed by atoms with Crippen molar-refractivity contribution in [1.29, 1.82) is 0 Å². The molecule has 1 aromatic rings. The Balaban J connectivity index is 3.29. The lowest BCUT2D eigenvalue weighted by Gasteiger charge is -1.99. The van der Waals surface area contributed by atoms with E-state index < -0.39 is 16.0 Å². The quantitative estimate of drug-likeness (QED) is 0.475. The van der Waals surface area contributed by atoms with Crippen LogP contribution in [0.1, 0.15) is 0 Å². The van der Waals surface area contributed by atoms with E-state index in [4.69, 9.17) is 34.7 Å². The van der Waals surface area contributed by atoms with Crippen LogP contribution in [0, 0.1) is 0 Å². The summed E-state index contributed by atoms with van der Waals surface area (Å²) >= 11 is 11.3. The third-order valence-corrected chi connectivity index (χ3v) is 3.57. The third-order valence-electron chi connectivity index (χ3n) is 1.45. The molecule has 0 aromatic heterocycles. The number of nitrogens with two attached hydrogens (primary N) is 2. The van der Waals surface area contributed by atoms with Gasteiger partial charge in [-0.25, -0.2) is 0 Å². The van der Waals surface area contributed by atoms with Crippen molar-refractivity contribution >= 4 is 39.2 Å². The normalized spacial score (nSPS) is 11.1. The van der Waals surface area contributed by atoms with Crippen LogP contribution in [0.4, 0.5) is 0 Å². The second-order valence-corrected chi connectivity index (χ2v) is 5.13. The molecule has 5 N–H and O–H groups in total. The largest absolute Gasteiger partial charge is 0.353 e. The van der Waals surface area contributed by atoms with Gasteiger partial charge in [0.2, 0.25) is 0 Å². The van der Waals surface area contributed by atoms with Crippen LogP contribution in [0.5, 0.6) is 0 Å². The zero-order chi connectivity index (χ0) is 11.6. The second kappa shape index (κ2) is 4.26. The minimum atomic E-state index is -3.78. The van der Waals surface area contributed by atoms with Gasteiger partial charge in [0.15, 0.2) is 0 Å². The number of rotatable bonds is 2. The summed E-state index contributed by atoms with van der Waals surface area (Å²) in [5.74, 6) is -0.416. The lowest BCUT2D eigenvalue weighted by atomic mass is 10.4. The highest BCUT2D eigenvalue weighted by Crippen LogP contribution is 2.23. The van der Waals surface area contributed by atoms with E-state index in [0.29, 0.717) is 0 Å². The van der Waals surface area contributed by atoms with Crippen LogP contribution in [0.2, 0.25) is 10.0 Å². The van der Waals surface area contributed by atoms with Crippen molar-refractivity contribution in [1.82, 2.24) is 0 Å². The summed E-state index contributed by atoms with van der Waals surface area (Å²) in [6, 6.07) is 3.86. The van der Waals surface area contributed by atoms with Crippen molar-refractivity contribution in [2.45, 2.75) is 4.90 Å². The lowest BCUT2D eigenvalue weighted by molar-refractivity contribution is -0.270. The van der Waals surface area contributed by atoms with E-state index >= 15 is 0 Å². The van der Waals surface area contributed by atoms with E-state index in [1.807, 2.05) is 4.40 Å². The van der Waals surface area contributed by atoms with Crippen molar-refractivity contribution in [2.24, 2.45) is 11.5 Å². The Morgan fingerprint density at radius 3 is 2.27 bits per heavy atom. The van der Waals surface area contributed by atoms with Crippen LogP contribution in [0.3, 0.4) is 0 Å². The fraction of sp³-hybridized carbons (Fsp3) is 0. The van der Waals surface area contributed by atoms with Gasteiger partial charge in [-0.05, 0) is 18.2 Å². The number of hydrogen-bond acceptors (Lipinski definition) is 2. The van der Waals surface area contributed by atoms with Crippen LogP contribution in [-0.2, 0) is 10.0 Å². The number of sulfonamides is 1. The van der Waals surface area contributed by atoms with Gasteiger partial charge in [0.25, 0.3) is 0 Å². The molecule has 0 spiro atoms. The lowest BCUT2D eigenvalue weighted by Crippen LogP contribution is -2.80. The third kappa shape index (κ3) is 2.98. The van der Waals surface area contributed by atoms with Crippen LogP contribution in [-0.4, -0.2) is 14.4 Å². The molecule has 15 heavy (non-hydrogen) atoms. The Morgan fingerprint density at radius 1 is 1.20 bits per heavy atom. The molecule has 0 aliphatic carbocycles. The zero-order valence-electron chi connectivity index (χ0n) is 7.37. The Bertz CT molecular complexity index is 509. The first-order valence-corrected chi connectivity index (χ1v) is 5.92. The summed E-state index contributed by atoms with van der Waals surface area (Å²) < 4.78 is 24.9. The molecular weight excluding hydrogens is 261 g/mol. The van der Waals surface area contributed by atoms with E-state index in [1.165, 1.54) is 18.2 Å². The smallest absolute Gasteiger partial charge is 0.290 e. The van der Waals surface area contributed by atoms with E-state index in [2.05, 4.69) is 0 Å². The molecule has 0 bridgehead atoms. The summed E-state index contributed by atoms with van der Waals surface area (Å²) in [4.78, 5) is -0.0645. The van der Waals surface area contributed by atoms with Gasteiger partial charge in [0, 0.05) is 0 Å². The number of benzene rings is 1. The molecule has 8 heteroatoms. The minimum absolute atomic E-state index is 0.0645. The van der Waals surface area contributed by atoms with Crippen LogP contribution in [0.25, 0.3) is 0 Å². The predicted molar refractivity (Wildman–Crippen MR) is 58.0 cm³/mol. The first-order chi connectivity index (χ1) is 6.83. The highest BCUT2D eigenvalue weighted by atomic mass is 35.5. The molecule has 0 saturated heterocycles. The molecule has 0 heterocycles. The van der Waals surface area contributed by atoms with Gasteiger partial charge < -0.3 is 0 Å². The number of guanidine groups is 1. The predicted octanol–water partition coefficient (Wildman–Crippen LogP) is -0.964. The average Bonchev–Trinajstić information content (AvgIpc) is 2.07. The maximum atomic E-state index is 11.5. The number of halogens is 2. The summed E-state index contributed by atoms with van der Waals surface area (Å²) in [7, 11) is -3.78. The number of hydrogen-bond donors (Lipinski definition) is 3. The Morgan fingerprint density at radius 2 is 1.80 bits per heavy atom. The van der Waals surface area contributed by atoms with Crippen LogP contribution >= 0.6 is 23.2 Å². The molecular formula is C7H8Cl2N3O2S+. The van der Waals surface area contributed by atoms with Gasteiger partial charge >= 0.3 is 16.0 Å². The summed E-state index contributed by atoms with van der Waals surface area (Å²) in [5, 5.41) is 0.399. The highest BCUT2D eigenvalue weighted by Gasteiger charge is 2.15. The highest BCUT2D eigenvalue weighted by molar-refractivity contribution is 7.84. The Kier molecular flexibility index (Phi) is 3.43. The first-order valence-electron chi connectivity index (χ1n) is 3.68. The molecule has 0 unspecified atom stereocenters. The van der Waals surface area contributed by atoms with Crippen molar-refractivity contribution in [3.8, 4) is 0 Å². The number of nitrogens with one attached hydrogen (secondary N) is 1. The maximum absolute atomic E-state index is 11.5. The molecule has 82 valence electrons. The second-order valence-electron chi connectivity index (χ2n) is 2.64. The zero-order valence-corrected chi connectivity index (χ0v) is 9.70. The molecule has 0 fully saturated rings. The van der Waals surface area contributed by atoms with Gasteiger partial charge in [-0.3, -0.25) is 11.5 Å². The van der Waals surface area contributed by atoms with Crippen LogP contribution < -0.4 is 15.9 Å². The van der Waals surface area contributed by atoms with E-state index in [-0.39, 0.29) is 14.9 Å². The SMILES string of the molecule is NC(N)=[NH+]S(=O)(=O)c1ccc(Cl)c(Cl)c1. The van der Waals surface area contributed by atoms with E-state index in [1.54, 1.807) is 0 Å². The summed E-state index contributed by atoms with van der Waals surface area (Å²) in [6.07, 6.45) is 0. The van der Waals surface area contributed by atoms with E-state index in [0.717, 1.165) is 0 Å². The molecule has 0 radical (unpaired) electrons. The first kappa shape index (κ1) is 12.1. The van der Waals surface area contributed by atoms with Crippen molar-refractivity contribution in [2.75, 3.05) is 0 Å². The van der Waals surface area contributed by atoms with E-state index in [9.17, 15) is 8.42 Å². The molecule has 1 rings (SSSR count). The topological polar surface area (TPSA) is 100 Å². The fourth-order valence-electron chi connectivity index (χ4n) is 0.858. The molecule has 0 aliphatic rings. The summed E-state index contributed by atoms with van der Waals surface area (Å²) in [6.45, 7) is 0. The van der Waals surface area contributed by atoms with Crippen molar-refractivity contribution in [3.05, 3.63) is 28.2 Å². The van der Waals surface area contributed by atoms with Gasteiger partial charge in [0.05, 0.1) is 10.0 Å². The molecule has 5 nitrogen and oxygen atoms in total. The van der Waals surface area contributed by atoms with Gasteiger partial charge in [-0.15, -0.1) is 0 Å². The van der Waals surface area contributed by atoms with Crippen LogP contribution in [0.15, 0.2) is 23.1 Å². The van der Waals surface area contributed by atoms with Gasteiger partial charge in [-0.1, -0.05) is 23.2 Å². The Hall–Kier alpha value is -0.980. The minimum Gasteiger partial charge on any atom is -0.290 e. The average molecular weight is 269 g/mol. The van der Waals surface area contributed by atoms with Crippen molar-refractivity contribution < 1.29 is 12.8 Å². The van der Waals surface area contributed by atoms with Gasteiger partial charge in [0.1, 0.15) is 4.90 Å². The molecule has 0 amide bonds. The fourth-order valence-corrected chi connectivity index (χ4v) is 2.17. The molecule has 0 atom stereocenters. The molecule has 1 aromatic carbocycles. The molecule has 0 aliphatic heterocycles. The van der Waals surface area contributed by atoms with Gasteiger partial charge in [-0.2, -0.15) is 12.8 Å². The standard InChI is InChI=1S/C7H7Cl2N3O2S/c8-5-2-1-4(3-6(5)9)15(13,14)12-7(10)11/h1-3H,(H4,10,11,12)/p+1. The maximum Gasteiger partial charge on any atom is 0.353 e. The monoisotopic (exact) mass is 268 g/mol. The van der Waals surface area contributed by atoms with Crippen molar-refractivity contribution in [3.63, 3.8) is 0 Å².